The SMILES string of the molecule is CN=C(NCCCn1c(C)nc2ccccc21)N1CCN(c2ccccc2O)CC1.I. The van der Waals surface area contributed by atoms with Gasteiger partial charge in [-0.25, -0.2) is 4.98 Å². The van der Waals surface area contributed by atoms with Gasteiger partial charge in [-0.05, 0) is 37.6 Å². The third-order valence-corrected chi connectivity index (χ3v) is 5.70. The van der Waals surface area contributed by atoms with Gasteiger partial charge in [0, 0.05) is 46.3 Å². The largest absolute Gasteiger partial charge is 0.506 e. The van der Waals surface area contributed by atoms with Crippen molar-refractivity contribution >= 4 is 46.7 Å². The number of nitrogens with zero attached hydrogens (tertiary/aromatic N) is 5. The fourth-order valence-electron chi connectivity index (χ4n) is 4.14. The summed E-state index contributed by atoms with van der Waals surface area (Å²) in [6.07, 6.45) is 0.998. The summed E-state index contributed by atoms with van der Waals surface area (Å²) in [6, 6.07) is 15.8. The van der Waals surface area contributed by atoms with Crippen molar-refractivity contribution in [3.63, 3.8) is 0 Å². The number of hydrogen-bond acceptors (Lipinski definition) is 4. The summed E-state index contributed by atoms with van der Waals surface area (Å²) < 4.78 is 2.28. The number of piperazine rings is 1. The van der Waals surface area contributed by atoms with Gasteiger partial charge >= 0.3 is 0 Å². The van der Waals surface area contributed by atoms with E-state index < -0.39 is 0 Å². The van der Waals surface area contributed by atoms with Crippen molar-refractivity contribution in [2.24, 2.45) is 4.99 Å². The van der Waals surface area contributed by atoms with E-state index in [-0.39, 0.29) is 24.0 Å². The Morgan fingerprint density at radius 1 is 1.06 bits per heavy atom. The molecule has 3 aromatic rings. The lowest BCUT2D eigenvalue weighted by molar-refractivity contribution is 0.369. The minimum Gasteiger partial charge on any atom is -0.506 e. The first-order valence-electron chi connectivity index (χ1n) is 10.6. The Kier molecular flexibility index (Phi) is 8.00. The van der Waals surface area contributed by atoms with Crippen molar-refractivity contribution in [2.45, 2.75) is 19.9 Å². The van der Waals surface area contributed by atoms with Gasteiger partial charge in [0.15, 0.2) is 5.96 Å². The van der Waals surface area contributed by atoms with Gasteiger partial charge in [-0.1, -0.05) is 24.3 Å². The molecule has 7 nitrogen and oxygen atoms in total. The number of imidazole rings is 1. The summed E-state index contributed by atoms with van der Waals surface area (Å²) in [4.78, 5) is 13.6. The van der Waals surface area contributed by atoms with Crippen LogP contribution in [0.5, 0.6) is 5.75 Å². The van der Waals surface area contributed by atoms with Crippen molar-refractivity contribution in [2.75, 3.05) is 44.7 Å². The van der Waals surface area contributed by atoms with Crippen LogP contribution in [0.25, 0.3) is 11.0 Å². The summed E-state index contributed by atoms with van der Waals surface area (Å²) in [5.74, 6) is 2.34. The molecule has 8 heteroatoms. The second-order valence-electron chi connectivity index (χ2n) is 7.59. The number of halogens is 1. The van der Waals surface area contributed by atoms with Crippen LogP contribution in [0.2, 0.25) is 0 Å². The monoisotopic (exact) mass is 534 g/mol. The fourth-order valence-corrected chi connectivity index (χ4v) is 4.14. The molecule has 166 valence electrons. The number of phenolic OH excluding ortho intramolecular Hbond substituents is 1. The molecule has 2 N–H and O–H groups in total. The number of aromatic hydroxyl groups is 1. The first-order valence-corrected chi connectivity index (χ1v) is 10.6. The molecule has 0 atom stereocenters. The van der Waals surface area contributed by atoms with E-state index in [0.717, 1.165) is 68.7 Å². The highest BCUT2D eigenvalue weighted by Crippen LogP contribution is 2.27. The number of benzene rings is 2. The lowest BCUT2D eigenvalue weighted by Crippen LogP contribution is -2.52. The number of aryl methyl sites for hydroxylation is 2. The highest BCUT2D eigenvalue weighted by atomic mass is 127. The lowest BCUT2D eigenvalue weighted by Gasteiger charge is -2.37. The molecule has 2 heterocycles. The molecule has 2 aromatic carbocycles. The molecule has 0 amide bonds. The Balaban J connectivity index is 0.00000272. The molecule has 0 saturated carbocycles. The quantitative estimate of drug-likeness (QED) is 0.227. The average Bonchev–Trinajstić information content (AvgIpc) is 3.09. The number of guanidine groups is 1. The molecule has 1 aliphatic heterocycles. The molecule has 0 aliphatic carbocycles. The van der Waals surface area contributed by atoms with Crippen LogP contribution in [0.4, 0.5) is 5.69 Å². The molecule has 31 heavy (non-hydrogen) atoms. The number of hydrogen-bond donors (Lipinski definition) is 2. The van der Waals surface area contributed by atoms with Gasteiger partial charge in [-0.2, -0.15) is 0 Å². The van der Waals surface area contributed by atoms with Crippen LogP contribution in [0.3, 0.4) is 0 Å². The number of para-hydroxylation sites is 4. The Hall–Kier alpha value is -2.49. The summed E-state index contributed by atoms with van der Waals surface area (Å²) >= 11 is 0. The van der Waals surface area contributed by atoms with Gasteiger partial charge < -0.3 is 24.8 Å². The second-order valence-corrected chi connectivity index (χ2v) is 7.59. The van der Waals surface area contributed by atoms with Crippen LogP contribution in [-0.2, 0) is 6.54 Å². The third-order valence-electron chi connectivity index (χ3n) is 5.70. The normalized spacial score (nSPS) is 14.6. The third kappa shape index (κ3) is 5.23. The number of fused-ring (bicyclic) bond motifs is 1. The zero-order valence-corrected chi connectivity index (χ0v) is 20.5. The summed E-state index contributed by atoms with van der Waals surface area (Å²) in [6.45, 7) is 7.32. The number of phenols is 1. The molecule has 0 spiro atoms. The summed E-state index contributed by atoms with van der Waals surface area (Å²) in [5, 5.41) is 13.6. The molecule has 0 radical (unpaired) electrons. The minimum absolute atomic E-state index is 0. The topological polar surface area (TPSA) is 68.9 Å². The molecule has 1 aliphatic rings. The molecule has 0 unspecified atom stereocenters. The van der Waals surface area contributed by atoms with E-state index in [9.17, 15) is 5.11 Å². The molecule has 1 fully saturated rings. The van der Waals surface area contributed by atoms with Crippen molar-refractivity contribution < 1.29 is 5.11 Å². The van der Waals surface area contributed by atoms with Gasteiger partial charge in [0.2, 0.25) is 0 Å². The van der Waals surface area contributed by atoms with Crippen LogP contribution < -0.4 is 10.2 Å². The Labute approximate surface area is 200 Å². The van der Waals surface area contributed by atoms with Crippen LogP contribution in [0.15, 0.2) is 53.5 Å². The molecular weight excluding hydrogens is 503 g/mol. The summed E-state index contributed by atoms with van der Waals surface area (Å²) in [7, 11) is 1.84. The van der Waals surface area contributed by atoms with Gasteiger partial charge in [0.05, 0.1) is 16.7 Å². The number of aliphatic imine (C=N–C) groups is 1. The van der Waals surface area contributed by atoms with Gasteiger partial charge in [-0.3, -0.25) is 4.99 Å². The first kappa shape index (κ1) is 23.2. The molecular formula is C23H31IN6O. The highest BCUT2D eigenvalue weighted by Gasteiger charge is 2.21. The van der Waals surface area contributed by atoms with E-state index in [1.807, 2.05) is 31.3 Å². The van der Waals surface area contributed by atoms with Crippen LogP contribution in [-0.4, -0.2) is 65.3 Å². The highest BCUT2D eigenvalue weighted by molar-refractivity contribution is 14.0. The minimum atomic E-state index is 0. The van der Waals surface area contributed by atoms with Gasteiger partial charge in [-0.15, -0.1) is 24.0 Å². The van der Waals surface area contributed by atoms with Crippen LogP contribution >= 0.6 is 24.0 Å². The van der Waals surface area contributed by atoms with E-state index in [2.05, 4.69) is 54.8 Å². The molecule has 4 rings (SSSR count). The van der Waals surface area contributed by atoms with E-state index in [1.54, 1.807) is 6.07 Å². The molecule has 0 bridgehead atoms. The first-order chi connectivity index (χ1) is 14.7. The van der Waals surface area contributed by atoms with E-state index in [4.69, 9.17) is 0 Å². The number of anilines is 1. The second kappa shape index (κ2) is 10.7. The maximum Gasteiger partial charge on any atom is 0.193 e. The van der Waals surface area contributed by atoms with Crippen LogP contribution in [0, 0.1) is 6.92 Å². The number of nitrogens with one attached hydrogen (secondary N) is 1. The lowest BCUT2D eigenvalue weighted by atomic mass is 10.2. The Morgan fingerprint density at radius 2 is 1.77 bits per heavy atom. The maximum absolute atomic E-state index is 10.1. The van der Waals surface area contributed by atoms with Gasteiger partial charge in [0.1, 0.15) is 11.6 Å². The average molecular weight is 534 g/mol. The van der Waals surface area contributed by atoms with Crippen molar-refractivity contribution in [1.29, 1.82) is 0 Å². The standard InChI is InChI=1S/C23H30N6O.HI/c1-18-26-19-8-3-4-9-20(19)29(18)13-7-12-25-23(24-2)28-16-14-27(15-17-28)21-10-5-6-11-22(21)30;/h3-6,8-11,30H,7,12-17H2,1-2H3,(H,24,25);1H. The van der Waals surface area contributed by atoms with Crippen molar-refractivity contribution in [1.82, 2.24) is 19.8 Å². The predicted molar refractivity (Wildman–Crippen MR) is 138 cm³/mol. The zero-order valence-electron chi connectivity index (χ0n) is 18.2. The zero-order chi connectivity index (χ0) is 20.9. The predicted octanol–water partition coefficient (Wildman–Crippen LogP) is 3.46. The van der Waals surface area contributed by atoms with E-state index >= 15 is 0 Å². The van der Waals surface area contributed by atoms with Crippen LogP contribution in [0.1, 0.15) is 12.2 Å². The van der Waals surface area contributed by atoms with Crippen molar-refractivity contribution in [3.05, 3.63) is 54.4 Å². The molecule has 1 aromatic heterocycles. The number of aromatic nitrogens is 2. The smallest absolute Gasteiger partial charge is 0.193 e. The van der Waals surface area contributed by atoms with Crippen molar-refractivity contribution in [3.8, 4) is 5.75 Å². The van der Waals surface area contributed by atoms with Gasteiger partial charge in [0.25, 0.3) is 0 Å². The summed E-state index contributed by atoms with van der Waals surface area (Å²) in [5.41, 5.74) is 3.16. The van der Waals surface area contributed by atoms with E-state index in [0.29, 0.717) is 5.75 Å². The van der Waals surface area contributed by atoms with E-state index in [1.165, 1.54) is 5.52 Å². The fraction of sp³-hybridized carbons (Fsp3) is 0.391. The maximum atomic E-state index is 10.1. The molecule has 1 saturated heterocycles. The number of rotatable bonds is 5. The Morgan fingerprint density at radius 3 is 2.52 bits per heavy atom. The Bertz CT molecular complexity index is 1030.